The lowest BCUT2D eigenvalue weighted by Gasteiger charge is -2.04. The van der Waals surface area contributed by atoms with Gasteiger partial charge in [0.15, 0.2) is 0 Å². The molecule has 0 radical (unpaired) electrons. The van der Waals surface area contributed by atoms with E-state index in [2.05, 4.69) is 10.0 Å². The monoisotopic (exact) mass is 382 g/mol. The zero-order chi connectivity index (χ0) is 19.1. The highest BCUT2D eigenvalue weighted by Crippen LogP contribution is 2.13. The Morgan fingerprint density at radius 3 is 2.30 bits per heavy atom. The Morgan fingerprint density at radius 2 is 1.59 bits per heavy atom. The van der Waals surface area contributed by atoms with Crippen molar-refractivity contribution < 1.29 is 17.6 Å². The highest BCUT2D eigenvalue weighted by molar-refractivity contribution is 7.89. The third-order valence-electron chi connectivity index (χ3n) is 3.61. The molecule has 0 aliphatic carbocycles. The number of para-hydroxylation sites is 1. The predicted octanol–water partition coefficient (Wildman–Crippen LogP) is 3.41. The van der Waals surface area contributed by atoms with E-state index < -0.39 is 10.0 Å². The Hall–Kier alpha value is -3.16. The SMILES string of the molecule is O=C(/C=C/c1ccc(CNS(=O)(=O)c2ccccc2)o1)Nc1ccccc1. The van der Waals surface area contributed by atoms with E-state index in [0.29, 0.717) is 17.2 Å². The fourth-order valence-corrected chi connectivity index (χ4v) is 3.31. The summed E-state index contributed by atoms with van der Waals surface area (Å²) in [5.41, 5.74) is 0.697. The van der Waals surface area contributed by atoms with Crippen molar-refractivity contribution in [3.63, 3.8) is 0 Å². The lowest BCUT2D eigenvalue weighted by atomic mass is 10.3. The van der Waals surface area contributed by atoms with Gasteiger partial charge in [-0.2, -0.15) is 0 Å². The van der Waals surface area contributed by atoms with Gasteiger partial charge in [-0.25, -0.2) is 13.1 Å². The molecule has 0 saturated heterocycles. The largest absolute Gasteiger partial charge is 0.460 e. The molecule has 138 valence electrons. The Bertz CT molecular complexity index is 1030. The van der Waals surface area contributed by atoms with Gasteiger partial charge in [0.2, 0.25) is 15.9 Å². The molecule has 0 saturated carbocycles. The highest BCUT2D eigenvalue weighted by Gasteiger charge is 2.13. The molecule has 3 rings (SSSR count). The number of hydrogen-bond donors (Lipinski definition) is 2. The Morgan fingerprint density at radius 1 is 0.926 bits per heavy atom. The molecule has 3 aromatic rings. The first-order valence-corrected chi connectivity index (χ1v) is 9.69. The number of hydrogen-bond acceptors (Lipinski definition) is 4. The quantitative estimate of drug-likeness (QED) is 0.613. The van der Waals surface area contributed by atoms with Gasteiger partial charge in [0.05, 0.1) is 11.4 Å². The summed E-state index contributed by atoms with van der Waals surface area (Å²) in [6.45, 7) is 0.0152. The molecular weight excluding hydrogens is 364 g/mol. The molecule has 7 heteroatoms. The van der Waals surface area contributed by atoms with Gasteiger partial charge in [0.1, 0.15) is 11.5 Å². The Kier molecular flexibility index (Phi) is 5.85. The minimum atomic E-state index is -3.60. The van der Waals surface area contributed by atoms with E-state index in [9.17, 15) is 13.2 Å². The second kappa shape index (κ2) is 8.48. The van der Waals surface area contributed by atoms with E-state index in [0.717, 1.165) is 0 Å². The summed E-state index contributed by atoms with van der Waals surface area (Å²) in [4.78, 5) is 12.1. The third-order valence-corrected chi connectivity index (χ3v) is 5.03. The molecule has 2 N–H and O–H groups in total. The van der Waals surface area contributed by atoms with Crippen LogP contribution in [0.2, 0.25) is 0 Å². The normalized spacial score (nSPS) is 11.6. The molecule has 0 bridgehead atoms. The number of anilines is 1. The van der Waals surface area contributed by atoms with Crippen molar-refractivity contribution in [3.05, 3.63) is 90.4 Å². The number of benzene rings is 2. The lowest BCUT2D eigenvalue weighted by molar-refractivity contribution is -0.111. The van der Waals surface area contributed by atoms with E-state index in [4.69, 9.17) is 4.42 Å². The summed E-state index contributed by atoms with van der Waals surface area (Å²) in [5.74, 6) is 0.605. The topological polar surface area (TPSA) is 88.4 Å². The average Bonchev–Trinajstić information content (AvgIpc) is 3.14. The van der Waals surface area contributed by atoms with Gasteiger partial charge in [-0.05, 0) is 42.5 Å². The zero-order valence-electron chi connectivity index (χ0n) is 14.3. The third kappa shape index (κ3) is 5.40. The van der Waals surface area contributed by atoms with Crippen molar-refractivity contribution >= 4 is 27.7 Å². The van der Waals surface area contributed by atoms with Gasteiger partial charge in [-0.1, -0.05) is 36.4 Å². The Labute approximate surface area is 157 Å². The molecule has 27 heavy (non-hydrogen) atoms. The molecule has 2 aromatic carbocycles. The number of sulfonamides is 1. The van der Waals surface area contributed by atoms with Crippen molar-refractivity contribution in [3.8, 4) is 0 Å². The molecule has 0 atom stereocenters. The number of furan rings is 1. The van der Waals surface area contributed by atoms with Crippen LogP contribution < -0.4 is 10.0 Å². The molecule has 1 aromatic heterocycles. The maximum Gasteiger partial charge on any atom is 0.248 e. The van der Waals surface area contributed by atoms with Gasteiger partial charge >= 0.3 is 0 Å². The number of amides is 1. The van der Waals surface area contributed by atoms with Crippen LogP contribution in [0.5, 0.6) is 0 Å². The van der Waals surface area contributed by atoms with E-state index in [-0.39, 0.29) is 17.3 Å². The number of nitrogens with one attached hydrogen (secondary N) is 2. The molecule has 1 heterocycles. The minimum Gasteiger partial charge on any atom is -0.460 e. The summed E-state index contributed by atoms with van der Waals surface area (Å²) in [7, 11) is -3.60. The number of carbonyl (C=O) groups is 1. The van der Waals surface area contributed by atoms with Crippen molar-refractivity contribution in [1.29, 1.82) is 0 Å². The second-order valence-corrected chi connectivity index (χ2v) is 7.40. The first kappa shape index (κ1) is 18.6. The van der Waals surface area contributed by atoms with E-state index >= 15 is 0 Å². The molecule has 0 spiro atoms. The first-order valence-electron chi connectivity index (χ1n) is 8.20. The maximum absolute atomic E-state index is 12.2. The second-order valence-electron chi connectivity index (χ2n) is 5.63. The molecule has 0 fully saturated rings. The summed E-state index contributed by atoms with van der Waals surface area (Å²) < 4.78 is 32.4. The summed E-state index contributed by atoms with van der Waals surface area (Å²) >= 11 is 0. The minimum absolute atomic E-state index is 0.0152. The molecular formula is C20H18N2O4S. The smallest absolute Gasteiger partial charge is 0.248 e. The van der Waals surface area contributed by atoms with Crippen molar-refractivity contribution in [2.24, 2.45) is 0 Å². The van der Waals surface area contributed by atoms with Crippen LogP contribution in [0.3, 0.4) is 0 Å². The van der Waals surface area contributed by atoms with Crippen LogP contribution in [-0.4, -0.2) is 14.3 Å². The summed E-state index contributed by atoms with van der Waals surface area (Å²) in [6, 6.07) is 20.5. The average molecular weight is 382 g/mol. The molecule has 1 amide bonds. The van der Waals surface area contributed by atoms with Crippen LogP contribution >= 0.6 is 0 Å². The highest BCUT2D eigenvalue weighted by atomic mass is 32.2. The van der Waals surface area contributed by atoms with Crippen molar-refractivity contribution in [2.45, 2.75) is 11.4 Å². The summed E-state index contributed by atoms with van der Waals surface area (Å²) in [5, 5.41) is 2.72. The fourth-order valence-electron chi connectivity index (χ4n) is 2.29. The van der Waals surface area contributed by atoms with Crippen LogP contribution in [0.4, 0.5) is 5.69 Å². The summed E-state index contributed by atoms with van der Waals surface area (Å²) in [6.07, 6.45) is 2.87. The van der Waals surface area contributed by atoms with Crippen molar-refractivity contribution in [2.75, 3.05) is 5.32 Å². The fraction of sp³-hybridized carbons (Fsp3) is 0.0500. The first-order chi connectivity index (χ1) is 13.0. The standard InChI is InChI=1S/C20H18N2O4S/c23-20(22-16-7-3-1-4-8-16)14-13-17-11-12-18(26-17)15-21-27(24,25)19-9-5-2-6-10-19/h1-14,21H,15H2,(H,22,23)/b14-13+. The molecule has 6 nitrogen and oxygen atoms in total. The van der Waals surface area contributed by atoms with E-state index in [1.54, 1.807) is 42.5 Å². The van der Waals surface area contributed by atoms with Crippen LogP contribution in [0, 0.1) is 0 Å². The zero-order valence-corrected chi connectivity index (χ0v) is 15.1. The predicted molar refractivity (Wildman–Crippen MR) is 103 cm³/mol. The van der Waals surface area contributed by atoms with Gasteiger partial charge in [0.25, 0.3) is 0 Å². The lowest BCUT2D eigenvalue weighted by Crippen LogP contribution is -2.22. The van der Waals surface area contributed by atoms with Crippen molar-refractivity contribution in [1.82, 2.24) is 4.72 Å². The number of rotatable bonds is 7. The van der Waals surface area contributed by atoms with Crippen LogP contribution in [0.1, 0.15) is 11.5 Å². The van der Waals surface area contributed by atoms with Gasteiger partial charge in [-0.3, -0.25) is 4.79 Å². The van der Waals surface area contributed by atoms with Gasteiger partial charge in [0, 0.05) is 11.8 Å². The molecule has 0 aliphatic rings. The maximum atomic E-state index is 12.2. The van der Waals surface area contributed by atoms with Gasteiger partial charge in [-0.15, -0.1) is 0 Å². The van der Waals surface area contributed by atoms with Crippen LogP contribution in [0.15, 0.2) is 88.2 Å². The van der Waals surface area contributed by atoms with E-state index in [1.165, 1.54) is 24.3 Å². The molecule has 0 aliphatic heterocycles. The number of carbonyl (C=O) groups excluding carboxylic acids is 1. The van der Waals surface area contributed by atoms with Gasteiger partial charge < -0.3 is 9.73 Å². The van der Waals surface area contributed by atoms with E-state index in [1.807, 2.05) is 18.2 Å². The van der Waals surface area contributed by atoms with Crippen LogP contribution in [0.25, 0.3) is 6.08 Å². The Balaban J connectivity index is 1.56. The van der Waals surface area contributed by atoms with Crippen LogP contribution in [-0.2, 0) is 21.4 Å². The molecule has 0 unspecified atom stereocenters.